The highest BCUT2D eigenvalue weighted by Crippen LogP contribution is 2.30. The summed E-state index contributed by atoms with van der Waals surface area (Å²) in [5, 5.41) is 3.49. The van der Waals surface area contributed by atoms with E-state index in [1.807, 2.05) is 0 Å². The Morgan fingerprint density at radius 1 is 1.39 bits per heavy atom. The number of rotatable bonds is 5. The zero-order valence-electron chi connectivity index (χ0n) is 11.3. The van der Waals surface area contributed by atoms with E-state index in [1.165, 1.54) is 0 Å². The van der Waals surface area contributed by atoms with Crippen molar-refractivity contribution in [2.75, 3.05) is 25.4 Å². The lowest BCUT2D eigenvalue weighted by Crippen LogP contribution is -2.58. The Bertz CT molecular complexity index is 246. The zero-order chi connectivity index (χ0) is 13.8. The van der Waals surface area contributed by atoms with Crippen molar-refractivity contribution in [3.8, 4) is 0 Å². The summed E-state index contributed by atoms with van der Waals surface area (Å²) in [5.74, 6) is 0.644. The minimum Gasteiger partial charge on any atom is -0.311 e. The quantitative estimate of drug-likeness (QED) is 0.835. The second kappa shape index (κ2) is 7.01. The molecule has 1 rings (SSSR count). The van der Waals surface area contributed by atoms with Crippen molar-refractivity contribution in [1.29, 1.82) is 0 Å². The van der Waals surface area contributed by atoms with Gasteiger partial charge < -0.3 is 5.32 Å². The Hall–Kier alpha value is 0.0600. The maximum Gasteiger partial charge on any atom is 0.441 e. The van der Waals surface area contributed by atoms with Gasteiger partial charge >= 0.3 is 5.51 Å². The Morgan fingerprint density at radius 3 is 2.56 bits per heavy atom. The molecule has 1 heterocycles. The van der Waals surface area contributed by atoms with Gasteiger partial charge in [-0.3, -0.25) is 4.90 Å². The summed E-state index contributed by atoms with van der Waals surface area (Å²) in [7, 11) is 0. The van der Waals surface area contributed by atoms with Crippen LogP contribution >= 0.6 is 11.8 Å². The van der Waals surface area contributed by atoms with E-state index in [2.05, 4.69) is 31.0 Å². The molecule has 2 unspecified atom stereocenters. The third-order valence-electron chi connectivity index (χ3n) is 3.48. The predicted molar refractivity (Wildman–Crippen MR) is 70.8 cm³/mol. The van der Waals surface area contributed by atoms with E-state index >= 15 is 0 Å². The van der Waals surface area contributed by atoms with E-state index < -0.39 is 5.51 Å². The minimum absolute atomic E-state index is 0.0873. The number of nitrogens with one attached hydrogen (secondary N) is 1. The van der Waals surface area contributed by atoms with Crippen LogP contribution in [0.25, 0.3) is 0 Å². The molecule has 0 aromatic heterocycles. The molecule has 2 atom stereocenters. The summed E-state index contributed by atoms with van der Waals surface area (Å²) in [5.41, 5.74) is -4.10. The molecule has 1 aliphatic rings. The van der Waals surface area contributed by atoms with Crippen LogP contribution in [0.5, 0.6) is 0 Å². The average molecular weight is 284 g/mol. The number of hydrogen-bond acceptors (Lipinski definition) is 3. The minimum atomic E-state index is -4.10. The molecule has 2 nitrogen and oxygen atoms in total. The van der Waals surface area contributed by atoms with Gasteiger partial charge in [-0.1, -0.05) is 20.8 Å². The van der Waals surface area contributed by atoms with Crippen LogP contribution in [0.3, 0.4) is 0 Å². The Kier molecular flexibility index (Phi) is 6.27. The smallest absolute Gasteiger partial charge is 0.311 e. The maximum atomic E-state index is 12.1. The largest absolute Gasteiger partial charge is 0.441 e. The predicted octanol–water partition coefficient (Wildman–Crippen LogP) is 2.95. The molecule has 0 aromatic carbocycles. The standard InChI is InChI=1S/C12H23F3N2S/c1-4-10-7-16-11(9(2)3)8-17(10)5-6-18-12(13,14)15/h9-11,16H,4-8H2,1-3H3. The third kappa shape index (κ3) is 5.36. The fraction of sp³-hybridized carbons (Fsp3) is 1.00. The van der Waals surface area contributed by atoms with Crippen LogP contribution in [-0.2, 0) is 0 Å². The summed E-state index contributed by atoms with van der Waals surface area (Å²) in [4.78, 5) is 2.21. The topological polar surface area (TPSA) is 15.3 Å². The molecule has 0 aliphatic carbocycles. The van der Waals surface area contributed by atoms with Gasteiger partial charge in [0.05, 0.1) is 0 Å². The van der Waals surface area contributed by atoms with Crippen molar-refractivity contribution in [3.63, 3.8) is 0 Å². The first kappa shape index (κ1) is 16.1. The van der Waals surface area contributed by atoms with Crippen LogP contribution in [0.4, 0.5) is 13.2 Å². The molecule has 108 valence electrons. The second-order valence-corrected chi connectivity index (χ2v) is 6.27. The van der Waals surface area contributed by atoms with Gasteiger partial charge in [-0.2, -0.15) is 13.2 Å². The number of alkyl halides is 3. The molecule has 0 saturated carbocycles. The summed E-state index contributed by atoms with van der Waals surface area (Å²) in [6.07, 6.45) is 0.981. The lowest BCUT2D eigenvalue weighted by molar-refractivity contribution is -0.0329. The normalized spacial score (nSPS) is 26.8. The van der Waals surface area contributed by atoms with E-state index in [0.29, 0.717) is 24.5 Å². The van der Waals surface area contributed by atoms with Crippen LogP contribution in [0.15, 0.2) is 0 Å². The zero-order valence-corrected chi connectivity index (χ0v) is 12.1. The van der Waals surface area contributed by atoms with E-state index in [0.717, 1.165) is 19.5 Å². The van der Waals surface area contributed by atoms with Gasteiger partial charge in [0.2, 0.25) is 0 Å². The van der Waals surface area contributed by atoms with Crippen LogP contribution in [0, 0.1) is 5.92 Å². The molecule has 0 spiro atoms. The molecule has 0 radical (unpaired) electrons. The first-order chi connectivity index (χ1) is 8.33. The van der Waals surface area contributed by atoms with Crippen molar-refractivity contribution in [2.24, 2.45) is 5.92 Å². The molecular formula is C12H23F3N2S. The molecular weight excluding hydrogens is 261 g/mol. The van der Waals surface area contributed by atoms with E-state index in [9.17, 15) is 13.2 Å². The van der Waals surface area contributed by atoms with Crippen LogP contribution in [-0.4, -0.2) is 47.9 Å². The first-order valence-corrected chi connectivity index (χ1v) is 7.50. The molecule has 1 N–H and O–H groups in total. The Balaban J connectivity index is 2.43. The Labute approximate surface area is 112 Å². The SMILES string of the molecule is CCC1CNC(C(C)C)CN1CCSC(F)(F)F. The van der Waals surface area contributed by atoms with Gasteiger partial charge in [-0.05, 0) is 24.1 Å². The highest BCUT2D eigenvalue weighted by Gasteiger charge is 2.31. The van der Waals surface area contributed by atoms with Gasteiger partial charge in [0.15, 0.2) is 0 Å². The van der Waals surface area contributed by atoms with Crippen molar-refractivity contribution >= 4 is 11.8 Å². The fourth-order valence-corrected chi connectivity index (χ4v) is 2.84. The molecule has 18 heavy (non-hydrogen) atoms. The number of piperazine rings is 1. The molecule has 0 aromatic rings. The van der Waals surface area contributed by atoms with E-state index in [1.54, 1.807) is 0 Å². The van der Waals surface area contributed by atoms with Gasteiger partial charge in [0.25, 0.3) is 0 Å². The highest BCUT2D eigenvalue weighted by atomic mass is 32.2. The third-order valence-corrected chi connectivity index (χ3v) is 4.20. The maximum absolute atomic E-state index is 12.1. The summed E-state index contributed by atoms with van der Waals surface area (Å²) in [6, 6.07) is 0.762. The number of halogens is 3. The number of hydrogen-bond donors (Lipinski definition) is 1. The van der Waals surface area contributed by atoms with Crippen molar-refractivity contribution in [3.05, 3.63) is 0 Å². The Morgan fingerprint density at radius 2 is 2.06 bits per heavy atom. The van der Waals surface area contributed by atoms with Crippen molar-refractivity contribution in [1.82, 2.24) is 10.2 Å². The summed E-state index contributed by atoms with van der Waals surface area (Å²) >= 11 is 0.0873. The lowest BCUT2D eigenvalue weighted by Gasteiger charge is -2.41. The molecule has 1 fully saturated rings. The molecule has 6 heteroatoms. The average Bonchev–Trinajstić information content (AvgIpc) is 2.27. The van der Waals surface area contributed by atoms with Gasteiger partial charge in [-0.25, -0.2) is 0 Å². The van der Waals surface area contributed by atoms with Gasteiger partial charge in [-0.15, -0.1) is 0 Å². The highest BCUT2D eigenvalue weighted by molar-refractivity contribution is 8.00. The molecule has 0 amide bonds. The lowest BCUT2D eigenvalue weighted by atomic mass is 9.98. The van der Waals surface area contributed by atoms with Gasteiger partial charge in [0, 0.05) is 37.5 Å². The number of thioether (sulfide) groups is 1. The van der Waals surface area contributed by atoms with Crippen molar-refractivity contribution < 1.29 is 13.2 Å². The monoisotopic (exact) mass is 284 g/mol. The van der Waals surface area contributed by atoms with E-state index in [-0.39, 0.29) is 17.5 Å². The molecule has 0 bridgehead atoms. The van der Waals surface area contributed by atoms with Crippen LogP contribution < -0.4 is 5.32 Å². The van der Waals surface area contributed by atoms with Gasteiger partial charge in [0.1, 0.15) is 0 Å². The summed E-state index contributed by atoms with van der Waals surface area (Å²) in [6.45, 7) is 8.64. The second-order valence-electron chi connectivity index (χ2n) is 5.11. The molecule has 1 aliphatic heterocycles. The first-order valence-electron chi connectivity index (χ1n) is 6.51. The van der Waals surface area contributed by atoms with Crippen molar-refractivity contribution in [2.45, 2.75) is 44.8 Å². The van der Waals surface area contributed by atoms with Crippen LogP contribution in [0.2, 0.25) is 0 Å². The number of nitrogens with zero attached hydrogens (tertiary/aromatic N) is 1. The molecule has 1 saturated heterocycles. The summed E-state index contributed by atoms with van der Waals surface area (Å²) < 4.78 is 36.4. The van der Waals surface area contributed by atoms with Crippen LogP contribution in [0.1, 0.15) is 27.2 Å². The fourth-order valence-electron chi connectivity index (χ4n) is 2.28. The van der Waals surface area contributed by atoms with E-state index in [4.69, 9.17) is 0 Å².